The number of aromatic nitrogens is 4. The average Bonchev–Trinajstić information content (AvgIpc) is 3.41. The number of hydrogen-bond donors (Lipinski definition) is 0. The van der Waals surface area contributed by atoms with Gasteiger partial charge in [-0.05, 0) is 43.3 Å². The largest absolute Gasteiger partial charge is 0.336 e. The molecule has 0 aliphatic rings. The lowest BCUT2D eigenvalue weighted by Gasteiger charge is -2.23. The van der Waals surface area contributed by atoms with Gasteiger partial charge in [-0.25, -0.2) is 9.37 Å². The van der Waals surface area contributed by atoms with Crippen LogP contribution in [0, 0.1) is 5.82 Å². The maximum atomic E-state index is 13.3. The van der Waals surface area contributed by atoms with E-state index in [4.69, 9.17) is 0 Å². The highest BCUT2D eigenvalue weighted by molar-refractivity contribution is 7.99. The molecule has 2 heterocycles. The van der Waals surface area contributed by atoms with Gasteiger partial charge in [-0.3, -0.25) is 9.36 Å². The van der Waals surface area contributed by atoms with Crippen molar-refractivity contribution in [1.82, 2.24) is 24.6 Å². The second-order valence-electron chi connectivity index (χ2n) is 7.20. The predicted octanol–water partition coefficient (Wildman–Crippen LogP) is 5.19. The number of hydrogen-bond acceptors (Lipinski definition) is 6. The van der Waals surface area contributed by atoms with Crippen LogP contribution in [-0.2, 0) is 11.3 Å². The van der Waals surface area contributed by atoms with Gasteiger partial charge in [0.15, 0.2) is 11.0 Å². The van der Waals surface area contributed by atoms with E-state index in [-0.39, 0.29) is 23.5 Å². The molecule has 0 unspecified atom stereocenters. The number of carbonyl (C=O) groups excluding carboxylic acids is 1. The number of rotatable bonds is 8. The fraction of sp³-hybridized carbons (Fsp3) is 0.217. The van der Waals surface area contributed by atoms with E-state index < -0.39 is 0 Å². The Morgan fingerprint density at radius 2 is 2.00 bits per heavy atom. The number of thiazole rings is 1. The van der Waals surface area contributed by atoms with Crippen molar-refractivity contribution < 1.29 is 9.18 Å². The van der Waals surface area contributed by atoms with Gasteiger partial charge in [0.2, 0.25) is 5.91 Å². The minimum atomic E-state index is -0.311. The minimum Gasteiger partial charge on any atom is -0.336 e. The number of amides is 1. The summed E-state index contributed by atoms with van der Waals surface area (Å²) in [6.45, 7) is 6.26. The van der Waals surface area contributed by atoms with Gasteiger partial charge in [-0.2, -0.15) is 0 Å². The second kappa shape index (κ2) is 9.62. The van der Waals surface area contributed by atoms with Crippen molar-refractivity contribution in [1.29, 1.82) is 0 Å². The van der Waals surface area contributed by atoms with Gasteiger partial charge in [-0.1, -0.05) is 30.0 Å². The van der Waals surface area contributed by atoms with Crippen molar-refractivity contribution in [2.24, 2.45) is 0 Å². The zero-order valence-electron chi connectivity index (χ0n) is 17.7. The molecule has 0 aliphatic carbocycles. The maximum Gasteiger partial charge on any atom is 0.233 e. The third-order valence-electron chi connectivity index (χ3n) is 5.10. The first-order valence-electron chi connectivity index (χ1n) is 10.0. The molecule has 0 fully saturated rings. The number of halogens is 1. The van der Waals surface area contributed by atoms with Crippen LogP contribution in [0.3, 0.4) is 0 Å². The Morgan fingerprint density at radius 1 is 1.25 bits per heavy atom. The van der Waals surface area contributed by atoms with E-state index in [1.54, 1.807) is 41.5 Å². The number of benzene rings is 2. The average molecular weight is 468 g/mol. The van der Waals surface area contributed by atoms with Crippen LogP contribution in [0.5, 0.6) is 0 Å². The molecule has 0 radical (unpaired) electrons. The Labute approximate surface area is 193 Å². The van der Waals surface area contributed by atoms with Crippen molar-refractivity contribution in [3.05, 3.63) is 72.0 Å². The van der Waals surface area contributed by atoms with E-state index in [1.165, 1.54) is 23.9 Å². The molecular formula is C23H22FN5OS2. The summed E-state index contributed by atoms with van der Waals surface area (Å²) in [7, 11) is 1.79. The Kier molecular flexibility index (Phi) is 6.66. The molecule has 0 spiro atoms. The van der Waals surface area contributed by atoms with Crippen LogP contribution in [-0.4, -0.2) is 43.4 Å². The Morgan fingerprint density at radius 3 is 2.72 bits per heavy atom. The SMILES string of the molecule is C=CCn1c(SCC(=O)N(C)[C@@H](C)c2nc3ccccc3s2)nnc1-c1ccc(F)cc1. The quantitative estimate of drug-likeness (QED) is 0.264. The molecule has 2 aromatic carbocycles. The Bertz CT molecular complexity index is 1220. The number of para-hydroxylation sites is 1. The second-order valence-corrected chi connectivity index (χ2v) is 9.21. The van der Waals surface area contributed by atoms with Crippen LogP contribution in [0.15, 0.2) is 66.3 Å². The van der Waals surface area contributed by atoms with Gasteiger partial charge in [0.05, 0.1) is 22.0 Å². The smallest absolute Gasteiger partial charge is 0.233 e. The molecule has 0 bridgehead atoms. The molecule has 4 aromatic rings. The van der Waals surface area contributed by atoms with Gasteiger partial charge in [0, 0.05) is 19.2 Å². The number of fused-ring (bicyclic) bond motifs is 1. The molecule has 2 aromatic heterocycles. The van der Waals surface area contributed by atoms with Crippen molar-refractivity contribution in [2.45, 2.75) is 24.7 Å². The van der Waals surface area contributed by atoms with Crippen LogP contribution >= 0.6 is 23.1 Å². The summed E-state index contributed by atoms with van der Waals surface area (Å²) in [5.74, 6) is 0.480. The molecule has 0 N–H and O–H groups in total. The fourth-order valence-electron chi connectivity index (χ4n) is 3.18. The molecule has 1 amide bonds. The van der Waals surface area contributed by atoms with Crippen LogP contribution < -0.4 is 0 Å². The zero-order chi connectivity index (χ0) is 22.7. The summed E-state index contributed by atoms with van der Waals surface area (Å²) in [5, 5.41) is 10.0. The monoisotopic (exact) mass is 467 g/mol. The third kappa shape index (κ3) is 4.58. The number of nitrogens with zero attached hydrogens (tertiary/aromatic N) is 5. The summed E-state index contributed by atoms with van der Waals surface area (Å²) < 4.78 is 16.3. The van der Waals surface area contributed by atoms with E-state index in [1.807, 2.05) is 35.8 Å². The molecule has 6 nitrogen and oxygen atoms in total. The molecule has 0 saturated carbocycles. The Balaban J connectivity index is 1.47. The fourth-order valence-corrected chi connectivity index (χ4v) is 5.11. The molecule has 0 saturated heterocycles. The topological polar surface area (TPSA) is 63.9 Å². The number of thioether (sulfide) groups is 1. The van der Waals surface area contributed by atoms with E-state index in [0.717, 1.165) is 20.8 Å². The van der Waals surface area contributed by atoms with Gasteiger partial charge in [-0.15, -0.1) is 28.1 Å². The summed E-state index contributed by atoms with van der Waals surface area (Å²) in [6, 6.07) is 13.9. The normalized spacial score (nSPS) is 12.1. The predicted molar refractivity (Wildman–Crippen MR) is 127 cm³/mol. The molecule has 32 heavy (non-hydrogen) atoms. The summed E-state index contributed by atoms with van der Waals surface area (Å²) in [5.41, 5.74) is 1.70. The van der Waals surface area contributed by atoms with Crippen molar-refractivity contribution in [3.63, 3.8) is 0 Å². The van der Waals surface area contributed by atoms with Gasteiger partial charge < -0.3 is 4.90 Å². The molecule has 1 atom stereocenters. The van der Waals surface area contributed by atoms with Crippen LogP contribution in [0.1, 0.15) is 18.0 Å². The van der Waals surface area contributed by atoms with E-state index in [0.29, 0.717) is 17.5 Å². The number of allylic oxidation sites excluding steroid dienone is 1. The molecule has 0 aliphatic heterocycles. The van der Waals surface area contributed by atoms with Gasteiger partial charge in [0.1, 0.15) is 10.8 Å². The lowest BCUT2D eigenvalue weighted by molar-refractivity contribution is -0.128. The first-order chi connectivity index (χ1) is 15.5. The minimum absolute atomic E-state index is 0.0294. The Hall–Kier alpha value is -3.04. The standard InChI is InChI=1S/C23H22FN5OS2/c1-4-13-29-21(16-9-11-17(24)12-10-16)26-27-23(29)31-14-20(30)28(3)15(2)22-25-18-7-5-6-8-19(18)32-22/h4-12,15H,1,13-14H2,2-3H3/t15-/m0/s1. The lowest BCUT2D eigenvalue weighted by Crippen LogP contribution is -2.31. The maximum absolute atomic E-state index is 13.3. The molecule has 4 rings (SSSR count). The van der Waals surface area contributed by atoms with Crippen molar-refractivity contribution in [3.8, 4) is 11.4 Å². The van der Waals surface area contributed by atoms with Crippen LogP contribution in [0.4, 0.5) is 4.39 Å². The summed E-state index contributed by atoms with van der Waals surface area (Å²) >= 11 is 2.92. The van der Waals surface area contributed by atoms with Crippen molar-refractivity contribution >= 4 is 39.2 Å². The first-order valence-corrected chi connectivity index (χ1v) is 11.8. The highest BCUT2D eigenvalue weighted by atomic mass is 32.2. The molecular weight excluding hydrogens is 445 g/mol. The third-order valence-corrected chi connectivity index (χ3v) is 7.26. The summed E-state index contributed by atoms with van der Waals surface area (Å²) in [4.78, 5) is 19.3. The van der Waals surface area contributed by atoms with Crippen LogP contribution in [0.2, 0.25) is 0 Å². The first kappa shape index (κ1) is 22.2. The molecule has 164 valence electrons. The molecule has 9 heteroatoms. The van der Waals surface area contributed by atoms with E-state index in [9.17, 15) is 9.18 Å². The van der Waals surface area contributed by atoms with Gasteiger partial charge in [0.25, 0.3) is 0 Å². The van der Waals surface area contributed by atoms with E-state index in [2.05, 4.69) is 21.8 Å². The lowest BCUT2D eigenvalue weighted by atomic mass is 10.2. The highest BCUT2D eigenvalue weighted by Crippen LogP contribution is 2.30. The highest BCUT2D eigenvalue weighted by Gasteiger charge is 2.22. The van der Waals surface area contributed by atoms with Crippen LogP contribution in [0.25, 0.3) is 21.6 Å². The van der Waals surface area contributed by atoms with Gasteiger partial charge >= 0.3 is 0 Å². The summed E-state index contributed by atoms with van der Waals surface area (Å²) in [6.07, 6.45) is 1.74. The zero-order valence-corrected chi connectivity index (χ0v) is 19.4. The van der Waals surface area contributed by atoms with Crippen molar-refractivity contribution in [2.75, 3.05) is 12.8 Å². The van der Waals surface area contributed by atoms with E-state index >= 15 is 0 Å². The number of carbonyl (C=O) groups is 1.